The van der Waals surface area contributed by atoms with Gasteiger partial charge in [-0.1, -0.05) is 81.0 Å². The molecule has 1 aliphatic carbocycles. The largest absolute Gasteiger partial charge is 0.444 e. The van der Waals surface area contributed by atoms with Crippen molar-refractivity contribution in [1.82, 2.24) is 5.32 Å². The van der Waals surface area contributed by atoms with E-state index < -0.39 is 17.5 Å². The molecule has 0 aromatic heterocycles. The summed E-state index contributed by atoms with van der Waals surface area (Å²) in [6, 6.07) is 9.92. The van der Waals surface area contributed by atoms with E-state index in [1.54, 1.807) is 13.0 Å². The summed E-state index contributed by atoms with van der Waals surface area (Å²) < 4.78 is 6.10. The minimum Gasteiger partial charge on any atom is -0.444 e. The summed E-state index contributed by atoms with van der Waals surface area (Å²) in [5, 5.41) is 3.18. The Bertz CT molecular complexity index is 1020. The van der Waals surface area contributed by atoms with Gasteiger partial charge >= 0.3 is 5.97 Å². The molecule has 0 saturated carbocycles. The lowest BCUT2D eigenvalue weighted by atomic mass is 9.63. The van der Waals surface area contributed by atoms with E-state index in [4.69, 9.17) is 4.74 Å². The highest BCUT2D eigenvalue weighted by atomic mass is 16.6. The molecule has 1 aromatic rings. The first kappa shape index (κ1) is 23.2. The van der Waals surface area contributed by atoms with Crippen molar-refractivity contribution in [2.45, 2.75) is 52.2 Å². The number of benzene rings is 1. The molecule has 4 rings (SSSR count). The van der Waals surface area contributed by atoms with Crippen molar-refractivity contribution in [3.63, 3.8) is 0 Å². The number of carbonyl (C=O) groups is 3. The van der Waals surface area contributed by atoms with Gasteiger partial charge in [-0.3, -0.25) is 9.59 Å². The molecule has 2 heterocycles. The third kappa shape index (κ3) is 4.21. The van der Waals surface area contributed by atoms with Crippen LogP contribution >= 0.6 is 0 Å². The molecule has 0 bridgehead atoms. The number of esters is 1. The number of Topliss-reactive ketones (excluding diaryl/α,β-unsaturated/α-hetero) is 1. The fraction of sp³-hybridized carbons (Fsp3) is 0.464. The van der Waals surface area contributed by atoms with E-state index in [0.29, 0.717) is 12.8 Å². The second-order valence-electron chi connectivity index (χ2n) is 9.85. The third-order valence-electron chi connectivity index (χ3n) is 7.65. The molecule has 3 aliphatic rings. The zero-order valence-electron chi connectivity index (χ0n) is 19.8. The Balaban J connectivity index is 1.78. The van der Waals surface area contributed by atoms with Crippen LogP contribution in [0, 0.1) is 29.6 Å². The molecule has 1 spiro atoms. The molecule has 1 amide bonds. The molecule has 2 aliphatic heterocycles. The zero-order chi connectivity index (χ0) is 23.8. The van der Waals surface area contributed by atoms with Crippen LogP contribution in [0.3, 0.4) is 0 Å². The summed E-state index contributed by atoms with van der Waals surface area (Å²) in [5.74, 6) is -1.83. The molecule has 7 atom stereocenters. The normalized spacial score (nSPS) is 36.6. The lowest BCUT2D eigenvalue weighted by Crippen LogP contribution is -2.56. The molecule has 33 heavy (non-hydrogen) atoms. The maximum atomic E-state index is 13.6. The first-order valence-electron chi connectivity index (χ1n) is 11.9. The van der Waals surface area contributed by atoms with Crippen molar-refractivity contribution >= 4 is 17.7 Å². The molecule has 1 saturated heterocycles. The zero-order valence-corrected chi connectivity index (χ0v) is 19.8. The second kappa shape index (κ2) is 9.12. The summed E-state index contributed by atoms with van der Waals surface area (Å²) in [6.07, 6.45) is 10.1. The molecular weight excluding hydrogens is 414 g/mol. The topological polar surface area (TPSA) is 72.5 Å². The van der Waals surface area contributed by atoms with E-state index in [9.17, 15) is 14.4 Å². The van der Waals surface area contributed by atoms with Gasteiger partial charge in [-0.15, -0.1) is 0 Å². The van der Waals surface area contributed by atoms with Gasteiger partial charge in [0, 0.05) is 35.8 Å². The standard InChI is InChI=1S/C28H33NO4/c1-17-9-8-12-22-15-19(3)20(4)25-23(16-21-10-6-5-7-11-21)29-27(32)28(22,25)33-24(30)14-13-18(2)26(17)31/h5-8,10-15,17-18,20,22-23,25H,9,16H2,1-4H3,(H,29,32). The van der Waals surface area contributed by atoms with Crippen LogP contribution in [0.15, 0.2) is 66.3 Å². The van der Waals surface area contributed by atoms with Crippen LogP contribution in [0.1, 0.15) is 39.7 Å². The number of carbonyl (C=O) groups excluding carboxylic acids is 3. The molecule has 7 unspecified atom stereocenters. The molecule has 5 nitrogen and oxygen atoms in total. The Morgan fingerprint density at radius 2 is 1.79 bits per heavy atom. The second-order valence-corrected chi connectivity index (χ2v) is 9.85. The number of nitrogens with one attached hydrogen (secondary N) is 1. The van der Waals surface area contributed by atoms with Gasteiger partial charge in [0.05, 0.1) is 0 Å². The number of allylic oxidation sites excluding steroid dienone is 3. The van der Waals surface area contributed by atoms with Gasteiger partial charge in [0.25, 0.3) is 5.91 Å². The number of rotatable bonds is 2. The quantitative estimate of drug-likeness (QED) is 0.545. The molecule has 1 N–H and O–H groups in total. The Morgan fingerprint density at radius 3 is 2.52 bits per heavy atom. The van der Waals surface area contributed by atoms with E-state index in [1.807, 2.05) is 37.3 Å². The number of hydrogen-bond donors (Lipinski definition) is 1. The lowest BCUT2D eigenvalue weighted by molar-refractivity contribution is -0.172. The van der Waals surface area contributed by atoms with Crippen molar-refractivity contribution < 1.29 is 19.1 Å². The van der Waals surface area contributed by atoms with Crippen LogP contribution in [0.4, 0.5) is 0 Å². The first-order chi connectivity index (χ1) is 15.7. The van der Waals surface area contributed by atoms with Crippen molar-refractivity contribution in [2.75, 3.05) is 0 Å². The summed E-state index contributed by atoms with van der Waals surface area (Å²) in [6.45, 7) is 7.88. The third-order valence-corrected chi connectivity index (χ3v) is 7.65. The van der Waals surface area contributed by atoms with Crippen LogP contribution in [0.25, 0.3) is 0 Å². The van der Waals surface area contributed by atoms with Gasteiger partial charge in [0.1, 0.15) is 5.78 Å². The average Bonchev–Trinajstić information content (AvgIpc) is 3.06. The van der Waals surface area contributed by atoms with Gasteiger partial charge in [-0.05, 0) is 31.2 Å². The highest BCUT2D eigenvalue weighted by Crippen LogP contribution is 2.50. The summed E-state index contributed by atoms with van der Waals surface area (Å²) >= 11 is 0. The SMILES string of the molecule is CC1=CC2C=CCC(C)C(=O)C(C)C=CC(=O)OC23C(=O)NC(Cc2ccccc2)C3C1C. The molecule has 1 fully saturated rings. The van der Waals surface area contributed by atoms with Crippen LogP contribution in [0.2, 0.25) is 0 Å². The Labute approximate surface area is 196 Å². The summed E-state index contributed by atoms with van der Waals surface area (Å²) in [4.78, 5) is 39.2. The lowest BCUT2D eigenvalue weighted by Gasteiger charge is -2.44. The maximum Gasteiger partial charge on any atom is 0.331 e. The molecule has 0 radical (unpaired) electrons. The van der Waals surface area contributed by atoms with Crippen LogP contribution in [0.5, 0.6) is 0 Å². The molecule has 174 valence electrons. The van der Waals surface area contributed by atoms with E-state index in [0.717, 1.165) is 5.56 Å². The minimum absolute atomic E-state index is 0.0615. The Morgan fingerprint density at radius 1 is 1.06 bits per heavy atom. The fourth-order valence-electron chi connectivity index (χ4n) is 5.70. The van der Waals surface area contributed by atoms with E-state index >= 15 is 0 Å². The number of ether oxygens (including phenoxy) is 1. The summed E-state index contributed by atoms with van der Waals surface area (Å²) in [5.41, 5.74) is 0.995. The Hall–Kier alpha value is -2.95. The van der Waals surface area contributed by atoms with Crippen molar-refractivity contribution in [3.8, 4) is 0 Å². The predicted molar refractivity (Wildman–Crippen MR) is 127 cm³/mol. The fourth-order valence-corrected chi connectivity index (χ4v) is 5.70. The highest BCUT2D eigenvalue weighted by molar-refractivity contribution is 5.95. The molecule has 1 aromatic carbocycles. The van der Waals surface area contributed by atoms with Gasteiger partial charge in [0.2, 0.25) is 5.60 Å². The minimum atomic E-state index is -1.31. The maximum absolute atomic E-state index is 13.6. The monoisotopic (exact) mass is 447 g/mol. The number of hydrogen-bond acceptors (Lipinski definition) is 4. The van der Waals surface area contributed by atoms with Gasteiger partial charge in [-0.2, -0.15) is 0 Å². The van der Waals surface area contributed by atoms with Crippen LogP contribution in [-0.2, 0) is 25.5 Å². The van der Waals surface area contributed by atoms with E-state index in [1.165, 1.54) is 11.6 Å². The van der Waals surface area contributed by atoms with Gasteiger partial charge < -0.3 is 10.1 Å². The first-order valence-corrected chi connectivity index (χ1v) is 11.9. The van der Waals surface area contributed by atoms with E-state index in [-0.39, 0.29) is 41.4 Å². The average molecular weight is 448 g/mol. The smallest absolute Gasteiger partial charge is 0.331 e. The number of amides is 1. The van der Waals surface area contributed by atoms with Crippen LogP contribution in [-0.4, -0.2) is 29.3 Å². The van der Waals surface area contributed by atoms with Crippen LogP contribution < -0.4 is 5.32 Å². The van der Waals surface area contributed by atoms with Gasteiger partial charge in [0.15, 0.2) is 0 Å². The van der Waals surface area contributed by atoms with E-state index in [2.05, 4.69) is 37.4 Å². The van der Waals surface area contributed by atoms with Crippen molar-refractivity contribution in [1.29, 1.82) is 0 Å². The summed E-state index contributed by atoms with van der Waals surface area (Å²) in [7, 11) is 0. The highest BCUT2D eigenvalue weighted by Gasteiger charge is 2.64. The number of ketones is 1. The van der Waals surface area contributed by atoms with Crippen molar-refractivity contribution in [3.05, 3.63) is 71.8 Å². The van der Waals surface area contributed by atoms with Gasteiger partial charge in [-0.25, -0.2) is 4.79 Å². The molecule has 5 heteroatoms. The van der Waals surface area contributed by atoms with Crippen molar-refractivity contribution in [2.24, 2.45) is 29.6 Å². The Kier molecular flexibility index (Phi) is 6.42. The molecular formula is C28H33NO4. The predicted octanol–water partition coefficient (Wildman–Crippen LogP) is 4.20.